The monoisotopic (exact) mass is 218 g/mol. The highest BCUT2D eigenvalue weighted by Gasteiger charge is 2.01. The zero-order valence-corrected chi connectivity index (χ0v) is 9.33. The summed E-state index contributed by atoms with van der Waals surface area (Å²) in [6.07, 6.45) is 4.50. The largest absolute Gasteiger partial charge is 0.435 e. The summed E-state index contributed by atoms with van der Waals surface area (Å²) < 4.78 is 0. The van der Waals surface area contributed by atoms with Crippen LogP contribution in [-0.4, -0.2) is 31.3 Å². The van der Waals surface area contributed by atoms with Gasteiger partial charge in [0.2, 0.25) is 0 Å². The van der Waals surface area contributed by atoms with E-state index in [9.17, 15) is 4.79 Å². The molecule has 0 aliphatic heterocycles. The van der Waals surface area contributed by atoms with Gasteiger partial charge in [-0.25, -0.2) is 4.79 Å². The maximum absolute atomic E-state index is 10.9. The van der Waals surface area contributed by atoms with Gasteiger partial charge in [-0.2, -0.15) is 0 Å². The first-order chi connectivity index (χ1) is 7.70. The molecule has 4 heteroatoms. The molecular formula is C12H14N2O2. The number of amides is 1. The lowest BCUT2D eigenvalue weighted by atomic mass is 10.2. The SMILES string of the molecule is CN(C)C(=O)O/N=C/C=C/c1ccccc1. The summed E-state index contributed by atoms with van der Waals surface area (Å²) in [7, 11) is 3.19. The third-order valence-electron chi connectivity index (χ3n) is 1.73. The number of allylic oxidation sites excluding steroid dienone is 1. The highest BCUT2D eigenvalue weighted by Crippen LogP contribution is 1.99. The van der Waals surface area contributed by atoms with Gasteiger partial charge >= 0.3 is 6.09 Å². The van der Waals surface area contributed by atoms with Gasteiger partial charge in [-0.3, -0.25) is 4.84 Å². The Bertz CT molecular complexity index is 383. The molecule has 1 amide bonds. The number of carbonyl (C=O) groups excluding carboxylic acids is 1. The molecule has 1 aromatic rings. The standard InChI is InChI=1S/C12H14N2O2/c1-14(2)12(15)16-13-10-6-9-11-7-4-3-5-8-11/h3-10H,1-2H3/b9-6+,13-10+. The molecule has 0 heterocycles. The van der Waals surface area contributed by atoms with Gasteiger partial charge in [0, 0.05) is 14.1 Å². The fourth-order valence-electron chi connectivity index (χ4n) is 0.911. The zero-order valence-electron chi connectivity index (χ0n) is 9.33. The van der Waals surface area contributed by atoms with Crippen molar-refractivity contribution in [2.24, 2.45) is 5.16 Å². The average Bonchev–Trinajstić information content (AvgIpc) is 2.29. The highest BCUT2D eigenvalue weighted by atomic mass is 16.7. The molecule has 0 atom stereocenters. The summed E-state index contributed by atoms with van der Waals surface area (Å²) in [5.74, 6) is 0. The van der Waals surface area contributed by atoms with Crippen LogP contribution in [0.15, 0.2) is 41.6 Å². The summed E-state index contributed by atoms with van der Waals surface area (Å²) in [5.41, 5.74) is 1.06. The number of carbonyl (C=O) groups is 1. The van der Waals surface area contributed by atoms with Crippen molar-refractivity contribution in [3.05, 3.63) is 42.0 Å². The molecule has 16 heavy (non-hydrogen) atoms. The topological polar surface area (TPSA) is 41.9 Å². The van der Waals surface area contributed by atoms with Crippen molar-refractivity contribution in [1.29, 1.82) is 0 Å². The Kier molecular flexibility index (Phi) is 4.79. The molecule has 0 aliphatic carbocycles. The summed E-state index contributed by atoms with van der Waals surface area (Å²) in [4.78, 5) is 16.8. The second-order valence-electron chi connectivity index (χ2n) is 3.28. The number of rotatable bonds is 3. The fraction of sp³-hybridized carbons (Fsp3) is 0.167. The summed E-state index contributed by atoms with van der Waals surface area (Å²) in [6, 6.07) is 9.78. The molecule has 0 aliphatic rings. The van der Waals surface area contributed by atoms with Crippen LogP contribution in [0.5, 0.6) is 0 Å². The molecule has 0 spiro atoms. The van der Waals surface area contributed by atoms with Gasteiger partial charge < -0.3 is 4.90 Å². The van der Waals surface area contributed by atoms with Crippen molar-refractivity contribution in [2.75, 3.05) is 14.1 Å². The predicted molar refractivity (Wildman–Crippen MR) is 64.1 cm³/mol. The van der Waals surface area contributed by atoms with Crippen LogP contribution in [0.4, 0.5) is 4.79 Å². The lowest BCUT2D eigenvalue weighted by molar-refractivity contribution is 0.123. The summed E-state index contributed by atoms with van der Waals surface area (Å²) >= 11 is 0. The van der Waals surface area contributed by atoms with E-state index in [2.05, 4.69) is 9.99 Å². The lowest BCUT2D eigenvalue weighted by Gasteiger charge is -2.04. The van der Waals surface area contributed by atoms with E-state index in [4.69, 9.17) is 0 Å². The van der Waals surface area contributed by atoms with Crippen LogP contribution < -0.4 is 0 Å². The summed E-state index contributed by atoms with van der Waals surface area (Å²) in [6.45, 7) is 0. The molecule has 1 rings (SSSR count). The Balaban J connectivity index is 2.37. The Hall–Kier alpha value is -2.10. The van der Waals surface area contributed by atoms with Gasteiger partial charge in [-0.15, -0.1) is 0 Å². The minimum absolute atomic E-state index is 0.496. The number of benzene rings is 1. The van der Waals surface area contributed by atoms with Crippen LogP contribution >= 0.6 is 0 Å². The Labute approximate surface area is 94.8 Å². The Morgan fingerprint density at radius 2 is 2.00 bits per heavy atom. The van der Waals surface area contributed by atoms with Gasteiger partial charge in [-0.05, 0) is 11.6 Å². The molecule has 0 N–H and O–H groups in total. The highest BCUT2D eigenvalue weighted by molar-refractivity contribution is 5.78. The van der Waals surface area contributed by atoms with Crippen LogP contribution in [0.25, 0.3) is 6.08 Å². The number of oxime groups is 1. The van der Waals surface area contributed by atoms with Gasteiger partial charge in [0.05, 0.1) is 6.21 Å². The van der Waals surface area contributed by atoms with Crippen LogP contribution in [0.3, 0.4) is 0 Å². The van der Waals surface area contributed by atoms with Crippen molar-refractivity contribution < 1.29 is 9.63 Å². The quantitative estimate of drug-likeness (QED) is 0.444. The van der Waals surface area contributed by atoms with Crippen molar-refractivity contribution >= 4 is 18.4 Å². The van der Waals surface area contributed by atoms with Crippen LogP contribution in [0.2, 0.25) is 0 Å². The molecule has 0 bridgehead atoms. The van der Waals surface area contributed by atoms with Crippen molar-refractivity contribution in [3.8, 4) is 0 Å². The minimum Gasteiger partial charge on any atom is -0.312 e. The molecule has 84 valence electrons. The molecule has 0 unspecified atom stereocenters. The molecule has 0 saturated heterocycles. The molecule has 1 aromatic carbocycles. The van der Waals surface area contributed by atoms with Crippen molar-refractivity contribution in [3.63, 3.8) is 0 Å². The molecule has 0 fully saturated rings. The maximum atomic E-state index is 10.9. The first kappa shape index (κ1) is 12.0. The predicted octanol–water partition coefficient (Wildman–Crippen LogP) is 2.38. The second kappa shape index (κ2) is 6.40. The fourth-order valence-corrected chi connectivity index (χ4v) is 0.911. The molecule has 4 nitrogen and oxygen atoms in total. The van der Waals surface area contributed by atoms with E-state index in [1.165, 1.54) is 11.1 Å². The average molecular weight is 218 g/mol. The minimum atomic E-state index is -0.496. The number of hydrogen-bond donors (Lipinski definition) is 0. The van der Waals surface area contributed by atoms with E-state index in [0.29, 0.717) is 0 Å². The van der Waals surface area contributed by atoms with E-state index in [0.717, 1.165) is 5.56 Å². The smallest absolute Gasteiger partial charge is 0.312 e. The van der Waals surface area contributed by atoms with Crippen molar-refractivity contribution in [1.82, 2.24) is 4.90 Å². The van der Waals surface area contributed by atoms with Gasteiger partial charge in [0.1, 0.15) is 0 Å². The maximum Gasteiger partial charge on any atom is 0.435 e. The van der Waals surface area contributed by atoms with Gasteiger partial charge in [-0.1, -0.05) is 41.6 Å². The van der Waals surface area contributed by atoms with E-state index in [1.807, 2.05) is 36.4 Å². The first-order valence-corrected chi connectivity index (χ1v) is 4.83. The van der Waals surface area contributed by atoms with Crippen molar-refractivity contribution in [2.45, 2.75) is 0 Å². The normalized spacial score (nSPS) is 10.9. The van der Waals surface area contributed by atoms with E-state index in [1.54, 1.807) is 20.2 Å². The molecule has 0 radical (unpaired) electrons. The second-order valence-corrected chi connectivity index (χ2v) is 3.28. The zero-order chi connectivity index (χ0) is 11.8. The third-order valence-corrected chi connectivity index (χ3v) is 1.73. The van der Waals surface area contributed by atoms with Crippen LogP contribution in [0, 0.1) is 0 Å². The lowest BCUT2D eigenvalue weighted by Crippen LogP contribution is -2.20. The van der Waals surface area contributed by atoms with Gasteiger partial charge in [0.25, 0.3) is 0 Å². The Morgan fingerprint density at radius 3 is 2.62 bits per heavy atom. The number of nitrogens with zero attached hydrogens (tertiary/aromatic N) is 2. The van der Waals surface area contributed by atoms with Crippen LogP contribution in [0.1, 0.15) is 5.56 Å². The third kappa shape index (κ3) is 4.41. The van der Waals surface area contributed by atoms with E-state index in [-0.39, 0.29) is 0 Å². The number of hydrogen-bond acceptors (Lipinski definition) is 3. The van der Waals surface area contributed by atoms with E-state index >= 15 is 0 Å². The Morgan fingerprint density at radius 1 is 1.31 bits per heavy atom. The van der Waals surface area contributed by atoms with Crippen LogP contribution in [-0.2, 0) is 4.84 Å². The molecule has 0 aromatic heterocycles. The molecule has 0 saturated carbocycles. The van der Waals surface area contributed by atoms with E-state index < -0.39 is 6.09 Å². The first-order valence-electron chi connectivity index (χ1n) is 4.83. The molecular weight excluding hydrogens is 204 g/mol. The summed E-state index contributed by atoms with van der Waals surface area (Å²) in [5, 5.41) is 3.50. The van der Waals surface area contributed by atoms with Gasteiger partial charge in [0.15, 0.2) is 0 Å².